The molecule has 0 aliphatic carbocycles. The van der Waals surface area contributed by atoms with E-state index in [0.29, 0.717) is 28.5 Å². The van der Waals surface area contributed by atoms with Gasteiger partial charge in [-0.1, -0.05) is 0 Å². The minimum atomic E-state index is -0.759. The van der Waals surface area contributed by atoms with Crippen LogP contribution in [0.15, 0.2) is 30.1 Å². The largest absolute Gasteiger partial charge is 0.478 e. The summed E-state index contributed by atoms with van der Waals surface area (Å²) in [7, 11) is 0. The van der Waals surface area contributed by atoms with Gasteiger partial charge in [-0.3, -0.25) is 4.79 Å². The molecule has 0 fully saturated rings. The quantitative estimate of drug-likeness (QED) is 0.499. The van der Waals surface area contributed by atoms with E-state index in [-0.39, 0.29) is 12.3 Å². The van der Waals surface area contributed by atoms with Crippen LogP contribution in [0, 0.1) is 25.2 Å². The number of anilines is 2. The number of nitrogen functional groups attached to an aromatic ring is 1. The van der Waals surface area contributed by atoms with Crippen molar-refractivity contribution < 1.29 is 9.53 Å². The Kier molecular flexibility index (Phi) is 5.19. The van der Waals surface area contributed by atoms with E-state index in [9.17, 15) is 4.79 Å². The van der Waals surface area contributed by atoms with Crippen molar-refractivity contribution in [3.63, 3.8) is 0 Å². The third-order valence-electron chi connectivity index (χ3n) is 3.59. The molecule has 0 spiro atoms. The minimum Gasteiger partial charge on any atom is -0.478 e. The Morgan fingerprint density at radius 1 is 1.32 bits per heavy atom. The lowest BCUT2D eigenvalue weighted by Crippen LogP contribution is -2.24. The smallest absolute Gasteiger partial charge is 0.266 e. The van der Waals surface area contributed by atoms with Crippen LogP contribution in [0.1, 0.15) is 16.7 Å². The molecule has 8 nitrogen and oxygen atoms in total. The Bertz CT molecular complexity index is 852. The zero-order chi connectivity index (χ0) is 18.6. The molecule has 1 heterocycles. The molecule has 0 bridgehead atoms. The first-order valence-corrected chi connectivity index (χ1v) is 7.46. The third kappa shape index (κ3) is 3.84. The number of nitrogens with one attached hydrogen (secondary N) is 2. The van der Waals surface area contributed by atoms with Crippen LogP contribution in [-0.2, 0) is 4.79 Å². The Hall–Kier alpha value is -3.60. The maximum absolute atomic E-state index is 11.5. The topological polar surface area (TPSA) is 156 Å². The number of hydrogen-bond acceptors (Lipinski definition) is 6. The van der Waals surface area contributed by atoms with Gasteiger partial charge in [-0.2, -0.15) is 5.26 Å². The lowest BCUT2D eigenvalue weighted by Gasteiger charge is -2.16. The molecule has 0 saturated heterocycles. The number of aromatic nitrogens is 1. The van der Waals surface area contributed by atoms with Gasteiger partial charge in [0, 0.05) is 17.4 Å². The molecule has 1 aromatic carbocycles. The molecule has 2 aromatic rings. The number of amides is 1. The Morgan fingerprint density at radius 3 is 2.44 bits per heavy atom. The van der Waals surface area contributed by atoms with Crippen molar-refractivity contribution in [1.29, 1.82) is 5.26 Å². The summed E-state index contributed by atoms with van der Waals surface area (Å²) < 4.78 is 5.43. The van der Waals surface area contributed by atoms with Gasteiger partial charge in [-0.25, -0.2) is 0 Å². The molecular weight excluding hydrogens is 320 g/mol. The van der Waals surface area contributed by atoms with Crippen LogP contribution in [0.4, 0.5) is 11.5 Å². The van der Waals surface area contributed by atoms with Crippen LogP contribution in [0.3, 0.4) is 0 Å². The van der Waals surface area contributed by atoms with Crippen molar-refractivity contribution in [3.8, 4) is 11.8 Å². The highest BCUT2D eigenvalue weighted by Crippen LogP contribution is 2.30. The summed E-state index contributed by atoms with van der Waals surface area (Å²) in [5, 5.41) is 11.8. The first-order chi connectivity index (χ1) is 11.8. The van der Waals surface area contributed by atoms with Gasteiger partial charge in [0.25, 0.3) is 5.91 Å². The summed E-state index contributed by atoms with van der Waals surface area (Å²) in [4.78, 5) is 14.4. The van der Waals surface area contributed by atoms with Crippen molar-refractivity contribution in [2.24, 2.45) is 11.5 Å². The monoisotopic (exact) mass is 340 g/mol. The molecule has 2 rings (SSSR count). The highest BCUT2D eigenvalue weighted by Gasteiger charge is 2.16. The number of hydrogen-bond donors (Lipinski definition) is 5. The number of nitrogens with zero attached hydrogens (tertiary/aromatic N) is 1. The van der Waals surface area contributed by atoms with Crippen molar-refractivity contribution in [1.82, 2.24) is 4.98 Å². The fourth-order valence-corrected chi connectivity index (χ4v) is 2.50. The average molecular weight is 340 g/mol. The first kappa shape index (κ1) is 17.7. The van der Waals surface area contributed by atoms with Gasteiger partial charge in [0.15, 0.2) is 6.61 Å². The fraction of sp³-hybridized carbons (Fsp3) is 0.176. The SMILES string of the molecule is Cc1cc(N/C(=C(/N)C(N)=O)c2cc[nH]c2N)cc(C)c1OCC#N. The van der Waals surface area contributed by atoms with Gasteiger partial charge in [0.1, 0.15) is 23.3 Å². The normalized spacial score (nSPS) is 11.4. The zero-order valence-corrected chi connectivity index (χ0v) is 14.0. The van der Waals surface area contributed by atoms with Crippen LogP contribution < -0.4 is 27.3 Å². The Labute approximate surface area is 145 Å². The molecule has 8 N–H and O–H groups in total. The summed E-state index contributed by atoms with van der Waals surface area (Å²) in [6.07, 6.45) is 1.63. The molecule has 0 atom stereocenters. The molecule has 0 unspecified atom stereocenters. The predicted molar refractivity (Wildman–Crippen MR) is 96.2 cm³/mol. The predicted octanol–water partition coefficient (Wildman–Crippen LogP) is 1.34. The minimum absolute atomic E-state index is 0.0336. The number of aromatic amines is 1. The summed E-state index contributed by atoms with van der Waals surface area (Å²) in [5.74, 6) is 0.237. The molecule has 0 radical (unpaired) electrons. The second-order valence-corrected chi connectivity index (χ2v) is 5.47. The van der Waals surface area contributed by atoms with Gasteiger partial charge in [0.05, 0.1) is 5.70 Å². The van der Waals surface area contributed by atoms with E-state index in [4.69, 9.17) is 27.2 Å². The average Bonchev–Trinajstić information content (AvgIpc) is 2.97. The second kappa shape index (κ2) is 7.31. The zero-order valence-electron chi connectivity index (χ0n) is 14.0. The Morgan fingerprint density at radius 2 is 1.96 bits per heavy atom. The molecule has 130 valence electrons. The van der Waals surface area contributed by atoms with Gasteiger partial charge < -0.3 is 32.2 Å². The van der Waals surface area contributed by atoms with Crippen LogP contribution in [0.25, 0.3) is 5.70 Å². The lowest BCUT2D eigenvalue weighted by molar-refractivity contribution is -0.114. The molecule has 25 heavy (non-hydrogen) atoms. The van der Waals surface area contributed by atoms with Crippen molar-refractivity contribution in [2.45, 2.75) is 13.8 Å². The summed E-state index contributed by atoms with van der Waals surface area (Å²) in [5.41, 5.74) is 20.1. The third-order valence-corrected chi connectivity index (χ3v) is 3.59. The van der Waals surface area contributed by atoms with Gasteiger partial charge in [0.2, 0.25) is 0 Å². The summed E-state index contributed by atoms with van der Waals surface area (Å²) in [6.45, 7) is 3.68. The van der Waals surface area contributed by atoms with Crippen LogP contribution in [-0.4, -0.2) is 17.5 Å². The molecular formula is C17H20N6O2. The first-order valence-electron chi connectivity index (χ1n) is 7.46. The van der Waals surface area contributed by atoms with Gasteiger partial charge in [-0.05, 0) is 43.2 Å². The van der Waals surface area contributed by atoms with E-state index >= 15 is 0 Å². The van der Waals surface area contributed by atoms with Crippen LogP contribution >= 0.6 is 0 Å². The van der Waals surface area contributed by atoms with E-state index in [1.165, 1.54) is 0 Å². The molecule has 1 aromatic heterocycles. The number of nitrogens with two attached hydrogens (primary N) is 3. The highest BCUT2D eigenvalue weighted by molar-refractivity contribution is 6.02. The fourth-order valence-electron chi connectivity index (χ4n) is 2.50. The van der Waals surface area contributed by atoms with Crippen molar-refractivity contribution in [2.75, 3.05) is 17.7 Å². The van der Waals surface area contributed by atoms with Crippen LogP contribution in [0.5, 0.6) is 5.75 Å². The highest BCUT2D eigenvalue weighted by atomic mass is 16.5. The molecule has 0 aliphatic heterocycles. The van der Waals surface area contributed by atoms with Gasteiger partial charge >= 0.3 is 0 Å². The van der Waals surface area contributed by atoms with E-state index in [2.05, 4.69) is 10.3 Å². The lowest BCUT2D eigenvalue weighted by atomic mass is 10.1. The maximum atomic E-state index is 11.5. The van der Waals surface area contributed by atoms with Crippen LogP contribution in [0.2, 0.25) is 0 Å². The molecule has 0 saturated carbocycles. The van der Waals surface area contributed by atoms with Gasteiger partial charge in [-0.15, -0.1) is 0 Å². The Balaban J connectivity index is 2.44. The number of carbonyl (C=O) groups excluding carboxylic acids is 1. The van der Waals surface area contributed by atoms with Crippen molar-refractivity contribution >= 4 is 23.1 Å². The number of aryl methyl sites for hydroxylation is 2. The molecule has 8 heteroatoms. The standard InChI is InChI=1S/C17H20N6O2/c1-9-7-11(8-10(2)15(9)25-6-4-18)23-14(13(19)17(21)24)12-3-5-22-16(12)20/h3,5,7-8,22-23H,6,19-20H2,1-2H3,(H2,21,24)/b14-13+. The molecule has 0 aliphatic rings. The number of rotatable bonds is 6. The molecule has 1 amide bonds. The summed E-state index contributed by atoms with van der Waals surface area (Å²) >= 11 is 0. The van der Waals surface area contributed by atoms with E-state index in [1.807, 2.05) is 32.0 Å². The summed E-state index contributed by atoms with van der Waals surface area (Å²) in [6, 6.07) is 7.26. The number of primary amides is 1. The maximum Gasteiger partial charge on any atom is 0.266 e. The number of ether oxygens (including phenoxy) is 1. The number of H-pyrrole nitrogens is 1. The van der Waals surface area contributed by atoms with E-state index < -0.39 is 5.91 Å². The van der Waals surface area contributed by atoms with E-state index in [1.54, 1.807) is 12.3 Å². The number of nitriles is 1. The number of carbonyl (C=O) groups is 1. The van der Waals surface area contributed by atoms with Crippen molar-refractivity contribution in [3.05, 3.63) is 46.8 Å². The number of benzene rings is 1. The van der Waals surface area contributed by atoms with E-state index in [0.717, 1.165) is 11.1 Å². The second-order valence-electron chi connectivity index (χ2n) is 5.47.